The number of benzene rings is 1. The maximum atomic E-state index is 13.1. The van der Waals surface area contributed by atoms with Crippen LogP contribution in [-0.2, 0) is 11.3 Å². The zero-order valence-corrected chi connectivity index (χ0v) is 17.4. The van der Waals surface area contributed by atoms with Crippen LogP contribution in [0.25, 0.3) is 0 Å². The first-order valence-corrected chi connectivity index (χ1v) is 9.42. The smallest absolute Gasteiger partial charge is 0.354 e. The standard InChI is InChI=1S/C20H25BrN2O3/c1-6-12(2)23(19(24)15-7-9-16(21)10-8-15)11-17-13(3)18(20(25)26-5)22-14(17)4/h7-10,12,22H,6,11H2,1-5H3. The molecule has 1 heterocycles. The molecule has 0 bridgehead atoms. The average molecular weight is 421 g/mol. The summed E-state index contributed by atoms with van der Waals surface area (Å²) in [4.78, 5) is 30.0. The van der Waals surface area contributed by atoms with Crippen LogP contribution in [0.5, 0.6) is 0 Å². The molecule has 1 amide bonds. The Bertz CT molecular complexity index is 796. The highest BCUT2D eigenvalue weighted by atomic mass is 79.9. The van der Waals surface area contributed by atoms with E-state index in [2.05, 4.69) is 27.8 Å². The second kappa shape index (κ2) is 8.54. The number of H-pyrrole nitrogens is 1. The second-order valence-corrected chi connectivity index (χ2v) is 7.33. The first kappa shape index (κ1) is 20.2. The summed E-state index contributed by atoms with van der Waals surface area (Å²) < 4.78 is 5.77. The van der Waals surface area contributed by atoms with Crippen molar-refractivity contribution in [2.75, 3.05) is 7.11 Å². The molecule has 0 aliphatic rings. The van der Waals surface area contributed by atoms with Crippen molar-refractivity contribution in [3.8, 4) is 0 Å². The zero-order valence-electron chi connectivity index (χ0n) is 15.9. The number of nitrogens with one attached hydrogen (secondary N) is 1. The molecule has 2 rings (SSSR count). The highest BCUT2D eigenvalue weighted by Gasteiger charge is 2.25. The minimum atomic E-state index is -0.397. The van der Waals surface area contributed by atoms with Crippen molar-refractivity contribution in [1.29, 1.82) is 0 Å². The minimum absolute atomic E-state index is 0.0218. The summed E-state index contributed by atoms with van der Waals surface area (Å²) in [5.41, 5.74) is 3.75. The largest absolute Gasteiger partial charge is 0.464 e. The quantitative estimate of drug-likeness (QED) is 0.693. The van der Waals surface area contributed by atoms with Gasteiger partial charge in [-0.05, 0) is 62.6 Å². The Labute approximate surface area is 162 Å². The van der Waals surface area contributed by atoms with Gasteiger partial charge in [-0.3, -0.25) is 4.79 Å². The van der Waals surface area contributed by atoms with Crippen molar-refractivity contribution in [1.82, 2.24) is 9.88 Å². The van der Waals surface area contributed by atoms with Crippen LogP contribution in [0.15, 0.2) is 28.7 Å². The van der Waals surface area contributed by atoms with Gasteiger partial charge in [0.25, 0.3) is 5.91 Å². The number of aromatic nitrogens is 1. The van der Waals surface area contributed by atoms with Gasteiger partial charge in [-0.2, -0.15) is 0 Å². The average Bonchev–Trinajstić information content (AvgIpc) is 2.92. The summed E-state index contributed by atoms with van der Waals surface area (Å²) in [6.07, 6.45) is 0.842. The van der Waals surface area contributed by atoms with Gasteiger partial charge in [0.05, 0.1) is 7.11 Å². The van der Waals surface area contributed by atoms with E-state index in [4.69, 9.17) is 4.74 Å². The molecule has 1 unspecified atom stereocenters. The molecule has 5 nitrogen and oxygen atoms in total. The number of aryl methyl sites for hydroxylation is 1. The first-order chi connectivity index (χ1) is 12.3. The maximum absolute atomic E-state index is 13.1. The van der Waals surface area contributed by atoms with E-state index in [0.29, 0.717) is 17.8 Å². The van der Waals surface area contributed by atoms with Crippen molar-refractivity contribution in [3.63, 3.8) is 0 Å². The van der Waals surface area contributed by atoms with Crippen LogP contribution in [0, 0.1) is 13.8 Å². The lowest BCUT2D eigenvalue weighted by molar-refractivity contribution is 0.0593. The van der Waals surface area contributed by atoms with Gasteiger partial charge in [0, 0.05) is 28.3 Å². The minimum Gasteiger partial charge on any atom is -0.464 e. The fourth-order valence-electron chi connectivity index (χ4n) is 2.91. The van der Waals surface area contributed by atoms with Gasteiger partial charge in [0.2, 0.25) is 0 Å². The molecule has 0 aliphatic carbocycles. The molecule has 0 radical (unpaired) electrons. The van der Waals surface area contributed by atoms with Gasteiger partial charge in [-0.1, -0.05) is 22.9 Å². The Balaban J connectivity index is 2.37. The van der Waals surface area contributed by atoms with Crippen LogP contribution >= 0.6 is 15.9 Å². The molecule has 0 saturated heterocycles. The molecule has 0 spiro atoms. The number of nitrogens with zero attached hydrogens (tertiary/aromatic N) is 1. The molecule has 140 valence electrons. The molecule has 6 heteroatoms. The van der Waals surface area contributed by atoms with E-state index in [-0.39, 0.29) is 11.9 Å². The molecule has 2 aromatic rings. The number of esters is 1. The van der Waals surface area contributed by atoms with Gasteiger partial charge < -0.3 is 14.6 Å². The Hall–Kier alpha value is -2.08. The molecule has 0 saturated carbocycles. The molecule has 1 aromatic carbocycles. The van der Waals surface area contributed by atoms with Crippen molar-refractivity contribution in [2.45, 2.75) is 46.7 Å². The van der Waals surface area contributed by atoms with Crippen molar-refractivity contribution in [2.24, 2.45) is 0 Å². The van der Waals surface area contributed by atoms with Gasteiger partial charge >= 0.3 is 5.97 Å². The number of hydrogen-bond donors (Lipinski definition) is 1. The third kappa shape index (κ3) is 4.18. The lowest BCUT2D eigenvalue weighted by Crippen LogP contribution is -2.38. The zero-order chi connectivity index (χ0) is 19.4. The topological polar surface area (TPSA) is 62.4 Å². The summed E-state index contributed by atoms with van der Waals surface area (Å²) in [7, 11) is 1.36. The number of amides is 1. The molecule has 1 aromatic heterocycles. The molecular formula is C20H25BrN2O3. The molecule has 0 aliphatic heterocycles. The van der Waals surface area contributed by atoms with Gasteiger partial charge in [-0.25, -0.2) is 4.79 Å². The monoisotopic (exact) mass is 420 g/mol. The number of carbonyl (C=O) groups is 2. The highest BCUT2D eigenvalue weighted by molar-refractivity contribution is 9.10. The Morgan fingerprint density at radius 1 is 1.23 bits per heavy atom. The number of ether oxygens (including phenoxy) is 1. The summed E-state index contributed by atoms with van der Waals surface area (Å²) in [5.74, 6) is -0.419. The molecule has 1 N–H and O–H groups in total. The van der Waals surface area contributed by atoms with Crippen molar-refractivity contribution in [3.05, 3.63) is 56.8 Å². The third-order valence-electron chi connectivity index (χ3n) is 4.79. The fraction of sp³-hybridized carbons (Fsp3) is 0.400. The van der Waals surface area contributed by atoms with E-state index in [1.54, 1.807) is 0 Å². The Kier molecular flexibility index (Phi) is 6.64. The van der Waals surface area contributed by atoms with Gasteiger partial charge in [0.15, 0.2) is 0 Å². The van der Waals surface area contributed by atoms with Crippen molar-refractivity contribution >= 4 is 27.8 Å². The summed E-state index contributed by atoms with van der Waals surface area (Å²) in [6.45, 7) is 8.32. The van der Waals surface area contributed by atoms with Crippen molar-refractivity contribution < 1.29 is 14.3 Å². The second-order valence-electron chi connectivity index (χ2n) is 6.42. The first-order valence-electron chi connectivity index (χ1n) is 8.63. The number of rotatable bonds is 6. The molecule has 0 fully saturated rings. The Morgan fingerprint density at radius 2 is 1.85 bits per heavy atom. The van der Waals surface area contributed by atoms with Crippen LogP contribution in [0.3, 0.4) is 0 Å². The summed E-state index contributed by atoms with van der Waals surface area (Å²) in [6, 6.07) is 7.44. The van der Waals surface area contributed by atoms with Crippen LogP contribution < -0.4 is 0 Å². The number of carbonyl (C=O) groups excluding carboxylic acids is 2. The van der Waals surface area contributed by atoms with Crippen LogP contribution in [0.2, 0.25) is 0 Å². The van der Waals surface area contributed by atoms with E-state index in [0.717, 1.165) is 27.7 Å². The van der Waals surface area contributed by atoms with Gasteiger partial charge in [0.1, 0.15) is 5.69 Å². The van der Waals surface area contributed by atoms with Crippen LogP contribution in [0.4, 0.5) is 0 Å². The van der Waals surface area contributed by atoms with E-state index >= 15 is 0 Å². The lowest BCUT2D eigenvalue weighted by Gasteiger charge is -2.29. The lowest BCUT2D eigenvalue weighted by atomic mass is 10.1. The number of hydrogen-bond acceptors (Lipinski definition) is 3. The van der Waals surface area contributed by atoms with E-state index in [1.165, 1.54) is 7.11 Å². The predicted molar refractivity (Wildman–Crippen MR) is 105 cm³/mol. The normalized spacial score (nSPS) is 11.9. The summed E-state index contributed by atoms with van der Waals surface area (Å²) in [5, 5.41) is 0. The van der Waals surface area contributed by atoms with Gasteiger partial charge in [-0.15, -0.1) is 0 Å². The number of aromatic amines is 1. The van der Waals surface area contributed by atoms with E-state index in [9.17, 15) is 9.59 Å². The Morgan fingerprint density at radius 3 is 2.38 bits per heavy atom. The predicted octanol–water partition coefficient (Wildman–Crippen LogP) is 4.62. The van der Waals surface area contributed by atoms with E-state index < -0.39 is 5.97 Å². The molecule has 26 heavy (non-hydrogen) atoms. The fourth-order valence-corrected chi connectivity index (χ4v) is 3.17. The van der Waals surface area contributed by atoms with Crippen LogP contribution in [-0.4, -0.2) is 34.9 Å². The SMILES string of the molecule is CCC(C)N(Cc1c(C)[nH]c(C(=O)OC)c1C)C(=O)c1ccc(Br)cc1. The highest BCUT2D eigenvalue weighted by Crippen LogP contribution is 2.24. The number of methoxy groups -OCH3 is 1. The maximum Gasteiger partial charge on any atom is 0.354 e. The van der Waals surface area contributed by atoms with Crippen LogP contribution in [0.1, 0.15) is 57.9 Å². The summed E-state index contributed by atoms with van der Waals surface area (Å²) >= 11 is 3.40. The van der Waals surface area contributed by atoms with E-state index in [1.807, 2.05) is 49.9 Å². The molecular weight excluding hydrogens is 396 g/mol. The third-order valence-corrected chi connectivity index (χ3v) is 5.31. The number of halogens is 1. The molecule has 1 atom stereocenters.